The highest BCUT2D eigenvalue weighted by Gasteiger charge is 2.45. The molecule has 1 fully saturated rings. The molecule has 2 heterocycles. The number of hydrogen-bond donors (Lipinski definition) is 1. The Kier molecular flexibility index (Phi) is 5.66. The summed E-state index contributed by atoms with van der Waals surface area (Å²) in [6.45, 7) is 6.06. The van der Waals surface area contributed by atoms with Gasteiger partial charge in [0.15, 0.2) is 0 Å². The predicted octanol–water partition coefficient (Wildman–Crippen LogP) is 5.45. The second-order valence-electron chi connectivity index (χ2n) is 9.40. The van der Waals surface area contributed by atoms with Gasteiger partial charge < -0.3 is 4.90 Å². The Morgan fingerprint density at radius 1 is 1.17 bits per heavy atom. The molecule has 1 aliphatic carbocycles. The zero-order valence-corrected chi connectivity index (χ0v) is 20.7. The van der Waals surface area contributed by atoms with Gasteiger partial charge in [0.2, 0.25) is 0 Å². The van der Waals surface area contributed by atoms with Gasteiger partial charge in [-0.3, -0.25) is 4.79 Å². The first-order valence-corrected chi connectivity index (χ1v) is 13.4. The molecule has 1 aromatic carbocycles. The van der Waals surface area contributed by atoms with Gasteiger partial charge in [-0.15, -0.1) is 11.3 Å². The third kappa shape index (κ3) is 4.11. The first-order valence-electron chi connectivity index (χ1n) is 10.3. The van der Waals surface area contributed by atoms with E-state index in [1.54, 1.807) is 26.2 Å². The summed E-state index contributed by atoms with van der Waals surface area (Å²) in [5, 5.41) is 1.66. The van der Waals surface area contributed by atoms with Gasteiger partial charge in [-0.2, -0.15) is 0 Å². The highest BCUT2D eigenvalue weighted by molar-refractivity contribution is 9.10. The van der Waals surface area contributed by atoms with Crippen molar-refractivity contribution in [3.05, 3.63) is 45.2 Å². The third-order valence-electron chi connectivity index (χ3n) is 5.87. The number of fused-ring (bicyclic) bond motifs is 2. The molecule has 2 aromatic rings. The normalized spacial score (nSPS) is 18.6. The zero-order chi connectivity index (χ0) is 21.7. The number of carbonyl (C=O) groups excluding carboxylic acids is 1. The van der Waals surface area contributed by atoms with E-state index in [-0.39, 0.29) is 15.5 Å². The molecule has 0 unspecified atom stereocenters. The highest BCUT2D eigenvalue weighted by atomic mass is 79.9. The van der Waals surface area contributed by atoms with Crippen molar-refractivity contribution in [2.75, 3.05) is 11.4 Å². The van der Waals surface area contributed by atoms with Crippen LogP contribution in [0.1, 0.15) is 68.8 Å². The highest BCUT2D eigenvalue weighted by Crippen LogP contribution is 2.50. The SMILES string of the molecule is CC(C)(C)NS(=O)(=O)c1cc(C(=O)N2CC3(CCCCC3)c3cc(Br)ccc32)cs1. The molecule has 0 radical (unpaired) electrons. The zero-order valence-electron chi connectivity index (χ0n) is 17.5. The molecule has 162 valence electrons. The molecule has 4 rings (SSSR count). The quantitative estimate of drug-likeness (QED) is 0.596. The molecule has 1 aliphatic heterocycles. The average Bonchev–Trinajstić information content (AvgIpc) is 3.25. The van der Waals surface area contributed by atoms with E-state index in [1.807, 2.05) is 17.0 Å². The molecule has 30 heavy (non-hydrogen) atoms. The number of rotatable bonds is 3. The Bertz CT molecular complexity index is 1080. The fourth-order valence-corrected chi connectivity index (χ4v) is 7.59. The van der Waals surface area contributed by atoms with Crippen LogP contribution in [0.5, 0.6) is 0 Å². The van der Waals surface area contributed by atoms with Crippen LogP contribution >= 0.6 is 27.3 Å². The first-order chi connectivity index (χ1) is 14.0. The molecule has 1 amide bonds. The van der Waals surface area contributed by atoms with E-state index in [0.29, 0.717) is 12.1 Å². The van der Waals surface area contributed by atoms with Crippen molar-refractivity contribution in [2.24, 2.45) is 0 Å². The molecule has 0 bridgehead atoms. The van der Waals surface area contributed by atoms with Crippen molar-refractivity contribution < 1.29 is 13.2 Å². The van der Waals surface area contributed by atoms with Crippen LogP contribution in [0, 0.1) is 0 Å². The van der Waals surface area contributed by atoms with Crippen molar-refractivity contribution in [1.82, 2.24) is 4.72 Å². The molecule has 5 nitrogen and oxygen atoms in total. The van der Waals surface area contributed by atoms with Crippen molar-refractivity contribution in [2.45, 2.75) is 68.0 Å². The monoisotopic (exact) mass is 510 g/mol. The molecular formula is C22H27BrN2O3S2. The number of halogens is 1. The maximum absolute atomic E-state index is 13.5. The minimum absolute atomic E-state index is 0.00570. The smallest absolute Gasteiger partial charge is 0.259 e. The number of benzene rings is 1. The van der Waals surface area contributed by atoms with Crippen LogP contribution < -0.4 is 9.62 Å². The minimum Gasteiger partial charge on any atom is -0.307 e. The van der Waals surface area contributed by atoms with E-state index in [2.05, 4.69) is 26.7 Å². The van der Waals surface area contributed by atoms with E-state index in [0.717, 1.165) is 34.3 Å². The summed E-state index contributed by atoms with van der Waals surface area (Å²) in [6, 6.07) is 7.64. The largest absolute Gasteiger partial charge is 0.307 e. The molecule has 0 atom stereocenters. The summed E-state index contributed by atoms with van der Waals surface area (Å²) in [4.78, 5) is 15.3. The van der Waals surface area contributed by atoms with E-state index >= 15 is 0 Å². The number of anilines is 1. The number of nitrogens with one attached hydrogen (secondary N) is 1. The Hall–Kier alpha value is -1.22. The van der Waals surface area contributed by atoms with Gasteiger partial charge in [-0.1, -0.05) is 35.2 Å². The summed E-state index contributed by atoms with van der Waals surface area (Å²) in [7, 11) is -3.66. The summed E-state index contributed by atoms with van der Waals surface area (Å²) in [5.74, 6) is -0.130. The van der Waals surface area contributed by atoms with Crippen LogP contribution in [0.2, 0.25) is 0 Å². The van der Waals surface area contributed by atoms with E-state index in [4.69, 9.17) is 0 Å². The molecule has 1 spiro atoms. The molecular weight excluding hydrogens is 484 g/mol. The fourth-order valence-electron chi connectivity index (χ4n) is 4.66. The number of thiophene rings is 1. The van der Waals surface area contributed by atoms with Crippen LogP contribution in [0.4, 0.5) is 5.69 Å². The second kappa shape index (κ2) is 7.73. The van der Waals surface area contributed by atoms with E-state index in [1.165, 1.54) is 30.9 Å². The first kappa shape index (κ1) is 22.0. The van der Waals surface area contributed by atoms with Crippen molar-refractivity contribution in [3.8, 4) is 0 Å². The number of nitrogens with zero attached hydrogens (tertiary/aromatic N) is 1. The lowest BCUT2D eigenvalue weighted by Crippen LogP contribution is -2.40. The summed E-state index contributed by atoms with van der Waals surface area (Å²) >= 11 is 4.68. The maximum atomic E-state index is 13.5. The molecule has 8 heteroatoms. The Balaban J connectivity index is 1.66. The van der Waals surface area contributed by atoms with Gasteiger partial charge in [0, 0.05) is 33.0 Å². The number of sulfonamides is 1. The minimum atomic E-state index is -3.66. The number of hydrogen-bond acceptors (Lipinski definition) is 4. The molecule has 1 saturated carbocycles. The fraction of sp³-hybridized carbons (Fsp3) is 0.500. The second-order valence-corrected chi connectivity index (χ2v) is 13.1. The molecule has 2 aliphatic rings. The Morgan fingerprint density at radius 3 is 2.53 bits per heavy atom. The lowest BCUT2D eigenvalue weighted by atomic mass is 9.71. The van der Waals surface area contributed by atoms with Crippen molar-refractivity contribution in [1.29, 1.82) is 0 Å². The van der Waals surface area contributed by atoms with Crippen molar-refractivity contribution >= 4 is 48.9 Å². The van der Waals surface area contributed by atoms with Crippen LogP contribution in [-0.4, -0.2) is 26.4 Å². The summed E-state index contributed by atoms with van der Waals surface area (Å²) in [6.07, 6.45) is 5.75. The van der Waals surface area contributed by atoms with Gasteiger partial charge in [-0.25, -0.2) is 13.1 Å². The van der Waals surface area contributed by atoms with E-state index in [9.17, 15) is 13.2 Å². The topological polar surface area (TPSA) is 66.5 Å². The summed E-state index contributed by atoms with van der Waals surface area (Å²) < 4.78 is 29.2. The van der Waals surface area contributed by atoms with Crippen LogP contribution in [-0.2, 0) is 15.4 Å². The Labute approximate surface area is 191 Å². The Morgan fingerprint density at radius 2 is 1.87 bits per heavy atom. The van der Waals surface area contributed by atoms with Gasteiger partial charge in [0.1, 0.15) is 4.21 Å². The van der Waals surface area contributed by atoms with E-state index < -0.39 is 15.6 Å². The van der Waals surface area contributed by atoms with Crippen molar-refractivity contribution in [3.63, 3.8) is 0 Å². The number of amides is 1. The van der Waals surface area contributed by atoms with Gasteiger partial charge in [0.25, 0.3) is 15.9 Å². The lowest BCUT2D eigenvalue weighted by Gasteiger charge is -2.34. The molecule has 0 saturated heterocycles. The molecule has 1 N–H and O–H groups in total. The average molecular weight is 512 g/mol. The van der Waals surface area contributed by atoms with Gasteiger partial charge in [-0.05, 0) is 63.4 Å². The lowest BCUT2D eigenvalue weighted by molar-refractivity contribution is 0.0982. The maximum Gasteiger partial charge on any atom is 0.259 e. The van der Waals surface area contributed by atoms with Crippen LogP contribution in [0.25, 0.3) is 0 Å². The van der Waals surface area contributed by atoms with Gasteiger partial charge in [0.05, 0.1) is 5.56 Å². The van der Waals surface area contributed by atoms with Crippen LogP contribution in [0.3, 0.4) is 0 Å². The standard InChI is InChI=1S/C22H27BrN2O3S2/c1-21(2,3)24-30(27,28)19-11-15(13-29-19)20(26)25-14-22(9-5-4-6-10-22)17-12-16(23)7-8-18(17)25/h7-8,11-13,24H,4-6,9-10,14H2,1-3H3. The predicted molar refractivity (Wildman–Crippen MR) is 125 cm³/mol. The third-order valence-corrected chi connectivity index (χ3v) is 9.56. The summed E-state index contributed by atoms with van der Waals surface area (Å²) in [5.41, 5.74) is 2.04. The number of carbonyl (C=O) groups is 1. The molecule has 1 aromatic heterocycles. The van der Waals surface area contributed by atoms with Crippen LogP contribution in [0.15, 0.2) is 38.3 Å². The van der Waals surface area contributed by atoms with Gasteiger partial charge >= 0.3 is 0 Å².